The van der Waals surface area contributed by atoms with E-state index < -0.39 is 6.03 Å². The third-order valence-corrected chi connectivity index (χ3v) is 5.65. The largest absolute Gasteiger partial charge is 0.492 e. The summed E-state index contributed by atoms with van der Waals surface area (Å²) in [6, 6.07) is 11.2. The number of urea groups is 1. The molecular weight excluding hydrogens is 570 g/mol. The number of aryl methyl sites for hydroxylation is 1. The molecule has 3 rings (SSSR count). The molecule has 3 amide bonds. The molecule has 0 saturated carbocycles. The van der Waals surface area contributed by atoms with Gasteiger partial charge < -0.3 is 10.1 Å². The van der Waals surface area contributed by atoms with Crippen molar-refractivity contribution in [3.05, 3.63) is 65.9 Å². The first kappa shape index (κ1) is 20.1. The number of rotatable bonds is 5. The van der Waals surface area contributed by atoms with Crippen LogP contribution in [0.4, 0.5) is 4.79 Å². The Hall–Kier alpha value is -1.62. The lowest BCUT2D eigenvalue weighted by Crippen LogP contribution is -2.30. The van der Waals surface area contributed by atoms with Gasteiger partial charge in [-0.1, -0.05) is 29.8 Å². The van der Waals surface area contributed by atoms with Crippen molar-refractivity contribution in [2.45, 2.75) is 20.4 Å². The van der Waals surface area contributed by atoms with Crippen LogP contribution in [0.3, 0.4) is 0 Å². The van der Waals surface area contributed by atoms with Crippen LogP contribution < -0.4 is 10.1 Å². The second kappa shape index (κ2) is 8.59. The molecule has 1 aliphatic heterocycles. The molecule has 2 aromatic carbocycles. The standard InChI is InChI=1S/C20H18I2N2O3/c1-3-27-18-15(21)8-14(9-16(18)22)10-17-19(25)24(20(26)23-17)11-13-6-4-12(2)5-7-13/h4-10H,3,11H2,1-2H3,(H,23,26)/b17-10+. The summed E-state index contributed by atoms with van der Waals surface area (Å²) >= 11 is 4.42. The van der Waals surface area contributed by atoms with Crippen molar-refractivity contribution in [1.82, 2.24) is 10.2 Å². The maximum absolute atomic E-state index is 12.7. The Morgan fingerprint density at radius 2 is 1.74 bits per heavy atom. The summed E-state index contributed by atoms with van der Waals surface area (Å²) < 4.78 is 7.56. The van der Waals surface area contributed by atoms with E-state index in [0.29, 0.717) is 6.61 Å². The fourth-order valence-corrected chi connectivity index (χ4v) is 4.83. The molecule has 1 fully saturated rings. The number of carbonyl (C=O) groups excluding carboxylic acids is 2. The smallest absolute Gasteiger partial charge is 0.329 e. The van der Waals surface area contributed by atoms with Crippen LogP contribution in [0.1, 0.15) is 23.6 Å². The van der Waals surface area contributed by atoms with Crippen LogP contribution >= 0.6 is 45.2 Å². The van der Waals surface area contributed by atoms with Crippen LogP contribution in [0, 0.1) is 14.1 Å². The van der Waals surface area contributed by atoms with Gasteiger partial charge in [0.1, 0.15) is 11.4 Å². The average Bonchev–Trinajstić information content (AvgIpc) is 2.87. The lowest BCUT2D eigenvalue weighted by Gasteiger charge is -2.12. The molecule has 0 aliphatic carbocycles. The monoisotopic (exact) mass is 588 g/mol. The fourth-order valence-electron chi connectivity index (χ4n) is 2.70. The first-order valence-corrected chi connectivity index (χ1v) is 10.6. The van der Waals surface area contributed by atoms with Gasteiger partial charge in [-0.15, -0.1) is 0 Å². The maximum atomic E-state index is 12.7. The summed E-state index contributed by atoms with van der Waals surface area (Å²) in [6.45, 7) is 4.78. The highest BCUT2D eigenvalue weighted by atomic mass is 127. The Labute approximate surface area is 185 Å². The third-order valence-electron chi connectivity index (χ3n) is 4.04. The Balaban J connectivity index is 1.82. The molecule has 140 valence electrons. The Bertz CT molecular complexity index is 900. The van der Waals surface area contributed by atoms with Crippen molar-refractivity contribution < 1.29 is 14.3 Å². The molecule has 1 N–H and O–H groups in total. The molecule has 0 radical (unpaired) electrons. The number of amides is 3. The molecular formula is C20H18I2N2O3. The zero-order valence-corrected chi connectivity index (χ0v) is 19.2. The summed E-state index contributed by atoms with van der Waals surface area (Å²) in [5, 5.41) is 2.67. The Morgan fingerprint density at radius 1 is 1.11 bits per heavy atom. The van der Waals surface area contributed by atoms with E-state index >= 15 is 0 Å². The first-order chi connectivity index (χ1) is 12.9. The summed E-state index contributed by atoms with van der Waals surface area (Å²) in [4.78, 5) is 26.2. The van der Waals surface area contributed by atoms with Gasteiger partial charge in [-0.2, -0.15) is 0 Å². The minimum Gasteiger partial charge on any atom is -0.492 e. The molecule has 7 heteroatoms. The van der Waals surface area contributed by atoms with Gasteiger partial charge >= 0.3 is 6.03 Å². The van der Waals surface area contributed by atoms with Crippen LogP contribution in [0.25, 0.3) is 6.08 Å². The van der Waals surface area contributed by atoms with Crippen molar-refractivity contribution in [3.63, 3.8) is 0 Å². The summed E-state index contributed by atoms with van der Waals surface area (Å²) in [6.07, 6.45) is 1.70. The van der Waals surface area contributed by atoms with E-state index in [0.717, 1.165) is 29.6 Å². The van der Waals surface area contributed by atoms with Gasteiger partial charge in [0.2, 0.25) is 0 Å². The second-order valence-electron chi connectivity index (χ2n) is 6.11. The molecule has 0 unspecified atom stereocenters. The van der Waals surface area contributed by atoms with E-state index in [4.69, 9.17) is 4.74 Å². The van der Waals surface area contributed by atoms with Crippen LogP contribution in [0.2, 0.25) is 0 Å². The van der Waals surface area contributed by atoms with E-state index in [9.17, 15) is 9.59 Å². The van der Waals surface area contributed by atoms with Gasteiger partial charge in [0.15, 0.2) is 0 Å². The number of hydrogen-bond acceptors (Lipinski definition) is 3. The molecule has 0 spiro atoms. The van der Waals surface area contributed by atoms with E-state index in [2.05, 4.69) is 50.5 Å². The number of hydrogen-bond donors (Lipinski definition) is 1. The molecule has 1 aliphatic rings. The van der Waals surface area contributed by atoms with Gasteiger partial charge in [0.05, 0.1) is 20.3 Å². The predicted octanol–water partition coefficient (Wildman–Crippen LogP) is 4.70. The zero-order chi connectivity index (χ0) is 19.6. The number of carbonyl (C=O) groups is 2. The molecule has 2 aromatic rings. The molecule has 27 heavy (non-hydrogen) atoms. The number of benzene rings is 2. The van der Waals surface area contributed by atoms with E-state index in [1.165, 1.54) is 4.90 Å². The number of imide groups is 1. The minimum atomic E-state index is -0.401. The van der Waals surface area contributed by atoms with Crippen molar-refractivity contribution in [1.29, 1.82) is 0 Å². The normalized spacial score (nSPS) is 15.4. The van der Waals surface area contributed by atoms with Gasteiger partial charge in [-0.3, -0.25) is 9.69 Å². The van der Waals surface area contributed by atoms with Gasteiger partial charge in [0.25, 0.3) is 5.91 Å². The maximum Gasteiger partial charge on any atom is 0.329 e. The molecule has 0 atom stereocenters. The van der Waals surface area contributed by atoms with Crippen molar-refractivity contribution in [2.24, 2.45) is 0 Å². The van der Waals surface area contributed by atoms with Crippen LogP contribution in [0.15, 0.2) is 42.1 Å². The van der Waals surface area contributed by atoms with E-state index in [1.54, 1.807) is 6.08 Å². The van der Waals surface area contributed by atoms with Crippen molar-refractivity contribution in [2.75, 3.05) is 6.61 Å². The second-order valence-corrected chi connectivity index (χ2v) is 8.44. The average molecular weight is 588 g/mol. The summed E-state index contributed by atoms with van der Waals surface area (Å²) in [7, 11) is 0. The van der Waals surface area contributed by atoms with Crippen LogP contribution in [-0.2, 0) is 11.3 Å². The SMILES string of the molecule is CCOc1c(I)cc(/C=C2/NC(=O)N(Cc3ccc(C)cc3)C2=O)cc1I. The highest BCUT2D eigenvalue weighted by Gasteiger charge is 2.33. The highest BCUT2D eigenvalue weighted by Crippen LogP contribution is 2.30. The topological polar surface area (TPSA) is 58.6 Å². The van der Waals surface area contributed by atoms with E-state index in [1.807, 2.05) is 50.2 Å². The van der Waals surface area contributed by atoms with Crippen LogP contribution in [-0.4, -0.2) is 23.4 Å². The van der Waals surface area contributed by atoms with Crippen LogP contribution in [0.5, 0.6) is 5.75 Å². The fraction of sp³-hybridized carbons (Fsp3) is 0.200. The molecule has 1 heterocycles. The molecule has 0 bridgehead atoms. The number of ether oxygens (including phenoxy) is 1. The number of nitrogens with zero attached hydrogens (tertiary/aromatic N) is 1. The van der Waals surface area contributed by atoms with Gasteiger partial charge in [-0.05, 0) is 88.4 Å². The minimum absolute atomic E-state index is 0.251. The summed E-state index contributed by atoms with van der Waals surface area (Å²) in [5.41, 5.74) is 3.17. The lowest BCUT2D eigenvalue weighted by atomic mass is 10.1. The van der Waals surface area contributed by atoms with Crippen molar-refractivity contribution >= 4 is 63.2 Å². The first-order valence-electron chi connectivity index (χ1n) is 8.41. The predicted molar refractivity (Wildman–Crippen MR) is 121 cm³/mol. The third kappa shape index (κ3) is 4.63. The number of halogens is 2. The molecule has 0 aromatic heterocycles. The Kier molecular flexibility index (Phi) is 6.40. The highest BCUT2D eigenvalue weighted by molar-refractivity contribution is 14.1. The van der Waals surface area contributed by atoms with E-state index in [-0.39, 0.29) is 18.1 Å². The zero-order valence-electron chi connectivity index (χ0n) is 14.9. The number of nitrogens with one attached hydrogen (secondary N) is 1. The lowest BCUT2D eigenvalue weighted by molar-refractivity contribution is -0.123. The quantitative estimate of drug-likeness (QED) is 0.314. The van der Waals surface area contributed by atoms with Gasteiger partial charge in [0, 0.05) is 0 Å². The summed E-state index contributed by atoms with van der Waals surface area (Å²) in [5.74, 6) is 0.517. The Morgan fingerprint density at radius 3 is 2.33 bits per heavy atom. The molecule has 1 saturated heterocycles. The molecule has 5 nitrogen and oxygen atoms in total. The van der Waals surface area contributed by atoms with Gasteiger partial charge in [-0.25, -0.2) is 4.79 Å². The van der Waals surface area contributed by atoms with Crippen molar-refractivity contribution in [3.8, 4) is 5.75 Å².